The van der Waals surface area contributed by atoms with Gasteiger partial charge in [0, 0.05) is 14.2 Å². The second-order valence-corrected chi connectivity index (χ2v) is 6.22. The predicted molar refractivity (Wildman–Crippen MR) is 50.0 cm³/mol. The largest absolute Gasteiger partial charge is 0.580 e. The molecule has 0 aliphatic rings. The molecule has 1 unspecified atom stereocenters. The van der Waals surface area contributed by atoms with Gasteiger partial charge in [0.25, 0.3) is 6.47 Å². The molecule has 0 fully saturated rings. The van der Waals surface area contributed by atoms with Gasteiger partial charge in [-0.2, -0.15) is 12.6 Å². The van der Waals surface area contributed by atoms with Crippen molar-refractivity contribution in [2.75, 3.05) is 14.2 Å². The zero-order valence-electron chi connectivity index (χ0n) is 7.44. The van der Waals surface area contributed by atoms with Gasteiger partial charge in [-0.1, -0.05) is 6.92 Å². The maximum absolute atomic E-state index is 10.2. The van der Waals surface area contributed by atoms with Crippen molar-refractivity contribution >= 4 is 27.9 Å². The van der Waals surface area contributed by atoms with Crippen molar-refractivity contribution in [3.8, 4) is 0 Å². The summed E-state index contributed by atoms with van der Waals surface area (Å²) in [7, 11) is 0.0622. The van der Waals surface area contributed by atoms with Gasteiger partial charge in [0.2, 0.25) is 0 Å². The minimum Gasteiger partial charge on any atom is -0.475 e. The molecule has 0 radical (unpaired) electrons. The lowest BCUT2D eigenvalue weighted by molar-refractivity contribution is -0.124. The maximum atomic E-state index is 10.2. The Balaban J connectivity index is 4.43. The van der Waals surface area contributed by atoms with Crippen molar-refractivity contribution in [1.82, 2.24) is 0 Å². The first kappa shape index (κ1) is 12.0. The van der Waals surface area contributed by atoms with E-state index < -0.39 is 8.80 Å². The summed E-state index contributed by atoms with van der Waals surface area (Å²) >= 11 is 4.23. The molecule has 0 N–H and O–H groups in total. The molecule has 1 atom stereocenters. The third-order valence-corrected chi connectivity index (χ3v) is 5.68. The van der Waals surface area contributed by atoms with Gasteiger partial charge in [-0.05, 0) is 6.42 Å². The molecule has 0 saturated carbocycles. The van der Waals surface area contributed by atoms with Crippen LogP contribution in [0.15, 0.2) is 0 Å². The number of carbonyl (C=O) groups excluding carboxylic acids is 1. The smallest absolute Gasteiger partial charge is 0.475 e. The van der Waals surface area contributed by atoms with Crippen LogP contribution >= 0.6 is 12.6 Å². The monoisotopic (exact) mass is 210 g/mol. The number of carbonyl (C=O) groups is 1. The van der Waals surface area contributed by atoms with Crippen LogP contribution in [0.1, 0.15) is 13.3 Å². The average Bonchev–Trinajstić information content (AvgIpc) is 2.13. The topological polar surface area (TPSA) is 44.8 Å². The standard InChI is InChI=1S/C6H14O4SSi/c1-4-6(11)12(8-2,9-3)10-5-7/h5-6,11H,4H2,1-3H3. The Morgan fingerprint density at radius 2 is 2.00 bits per heavy atom. The Morgan fingerprint density at radius 1 is 1.50 bits per heavy atom. The van der Waals surface area contributed by atoms with E-state index in [1.165, 1.54) is 14.2 Å². The average molecular weight is 210 g/mol. The second kappa shape index (κ2) is 5.58. The van der Waals surface area contributed by atoms with E-state index in [0.29, 0.717) is 6.47 Å². The Morgan fingerprint density at radius 3 is 2.25 bits per heavy atom. The highest BCUT2D eigenvalue weighted by atomic mass is 32.1. The fourth-order valence-corrected chi connectivity index (χ4v) is 3.36. The third kappa shape index (κ3) is 2.48. The third-order valence-electron chi connectivity index (χ3n) is 1.58. The van der Waals surface area contributed by atoms with Crippen LogP contribution in [-0.2, 0) is 18.1 Å². The first-order valence-electron chi connectivity index (χ1n) is 3.56. The Hall–Kier alpha value is -0.0431. The lowest BCUT2D eigenvalue weighted by atomic mass is 10.6. The zero-order valence-corrected chi connectivity index (χ0v) is 9.34. The van der Waals surface area contributed by atoms with Crippen LogP contribution in [-0.4, -0.2) is 34.4 Å². The van der Waals surface area contributed by atoms with E-state index in [1.54, 1.807) is 0 Å². The summed E-state index contributed by atoms with van der Waals surface area (Å²) in [5.41, 5.74) is 0. The van der Waals surface area contributed by atoms with Crippen molar-refractivity contribution in [2.24, 2.45) is 0 Å². The van der Waals surface area contributed by atoms with Gasteiger partial charge in [-0.25, -0.2) is 0 Å². The van der Waals surface area contributed by atoms with Gasteiger partial charge in [0.05, 0.1) is 4.87 Å². The van der Waals surface area contributed by atoms with Crippen molar-refractivity contribution in [2.45, 2.75) is 18.2 Å². The van der Waals surface area contributed by atoms with Gasteiger partial charge in [-0.3, -0.25) is 4.79 Å². The molecule has 0 rings (SSSR count). The highest BCUT2D eigenvalue weighted by Gasteiger charge is 2.47. The number of hydrogen-bond acceptors (Lipinski definition) is 5. The normalized spacial score (nSPS) is 14.0. The van der Waals surface area contributed by atoms with Gasteiger partial charge in [-0.15, -0.1) is 0 Å². The van der Waals surface area contributed by atoms with Crippen LogP contribution in [0.3, 0.4) is 0 Å². The highest BCUT2D eigenvalue weighted by Crippen LogP contribution is 2.19. The van der Waals surface area contributed by atoms with Crippen molar-refractivity contribution in [3.05, 3.63) is 0 Å². The van der Waals surface area contributed by atoms with E-state index in [9.17, 15) is 4.79 Å². The molecular weight excluding hydrogens is 196 g/mol. The van der Waals surface area contributed by atoms with Crippen molar-refractivity contribution < 1.29 is 18.1 Å². The summed E-state index contributed by atoms with van der Waals surface area (Å²) < 4.78 is 15.0. The fourth-order valence-electron chi connectivity index (χ4n) is 0.847. The Kier molecular flexibility index (Phi) is 5.56. The lowest BCUT2D eigenvalue weighted by Gasteiger charge is -2.27. The SMILES string of the molecule is CCC(S)[Si](OC)(OC)OC=O. The minimum absolute atomic E-state index is 0.169. The Bertz CT molecular complexity index is 140. The summed E-state index contributed by atoms with van der Waals surface area (Å²) in [5.74, 6) is 0. The lowest BCUT2D eigenvalue weighted by Crippen LogP contribution is -2.52. The first-order chi connectivity index (χ1) is 5.66. The van der Waals surface area contributed by atoms with E-state index >= 15 is 0 Å². The van der Waals surface area contributed by atoms with Gasteiger partial charge in [0.15, 0.2) is 0 Å². The molecule has 0 aliphatic heterocycles. The molecule has 0 aromatic heterocycles. The number of hydrogen-bond donors (Lipinski definition) is 1. The molecule has 0 heterocycles. The van der Waals surface area contributed by atoms with E-state index in [2.05, 4.69) is 12.6 Å². The van der Waals surface area contributed by atoms with Crippen LogP contribution in [0.4, 0.5) is 0 Å². The molecular formula is C6H14O4SSi. The second-order valence-electron chi connectivity index (χ2n) is 2.15. The fraction of sp³-hybridized carbons (Fsp3) is 0.833. The predicted octanol–water partition coefficient (Wildman–Crippen LogP) is 0.639. The summed E-state index contributed by atoms with van der Waals surface area (Å²) in [4.78, 5) is 10.0. The molecule has 0 aromatic carbocycles. The quantitative estimate of drug-likeness (QED) is 0.397. The van der Waals surface area contributed by atoms with Crippen LogP contribution < -0.4 is 0 Å². The van der Waals surface area contributed by atoms with Crippen molar-refractivity contribution in [3.63, 3.8) is 0 Å². The van der Waals surface area contributed by atoms with Crippen molar-refractivity contribution in [1.29, 1.82) is 0 Å². The first-order valence-corrected chi connectivity index (χ1v) is 5.88. The van der Waals surface area contributed by atoms with Crippen LogP contribution in [0.25, 0.3) is 0 Å². The zero-order chi connectivity index (χ0) is 9.61. The van der Waals surface area contributed by atoms with Crippen LogP contribution in [0.2, 0.25) is 0 Å². The molecule has 0 aliphatic carbocycles. The molecule has 0 aromatic rings. The number of thiol groups is 1. The van der Waals surface area contributed by atoms with E-state index in [1.807, 2.05) is 6.92 Å². The molecule has 0 spiro atoms. The summed E-state index contributed by atoms with van der Waals surface area (Å²) in [6.07, 6.45) is 0.727. The molecule has 72 valence electrons. The molecule has 4 nitrogen and oxygen atoms in total. The molecule has 6 heteroatoms. The van der Waals surface area contributed by atoms with E-state index in [-0.39, 0.29) is 4.87 Å². The van der Waals surface area contributed by atoms with E-state index in [4.69, 9.17) is 13.3 Å². The molecule has 12 heavy (non-hydrogen) atoms. The van der Waals surface area contributed by atoms with Crippen LogP contribution in [0, 0.1) is 0 Å². The molecule has 0 saturated heterocycles. The summed E-state index contributed by atoms with van der Waals surface area (Å²) in [5, 5.41) is 0. The molecule has 0 bridgehead atoms. The molecule has 0 amide bonds. The maximum Gasteiger partial charge on any atom is 0.580 e. The van der Waals surface area contributed by atoms with Gasteiger partial charge in [0.1, 0.15) is 0 Å². The Labute approximate surface area is 79.0 Å². The van der Waals surface area contributed by atoms with Gasteiger partial charge < -0.3 is 13.3 Å². The minimum atomic E-state index is -2.85. The van der Waals surface area contributed by atoms with Crippen LogP contribution in [0.5, 0.6) is 0 Å². The van der Waals surface area contributed by atoms with Gasteiger partial charge >= 0.3 is 8.80 Å². The number of rotatable bonds is 6. The summed E-state index contributed by atoms with van der Waals surface area (Å²) in [6, 6.07) is 0. The van der Waals surface area contributed by atoms with E-state index in [0.717, 1.165) is 6.42 Å². The highest BCUT2D eigenvalue weighted by molar-refractivity contribution is 7.83. The summed E-state index contributed by atoms with van der Waals surface area (Å²) in [6.45, 7) is 2.27.